The molecular formula is C28H32FN3O5S. The Labute approximate surface area is 224 Å². The fourth-order valence-electron chi connectivity index (χ4n) is 4.03. The van der Waals surface area contributed by atoms with Crippen LogP contribution in [0.5, 0.6) is 11.6 Å². The van der Waals surface area contributed by atoms with Gasteiger partial charge in [0.15, 0.2) is 5.03 Å². The molecule has 0 unspecified atom stereocenters. The van der Waals surface area contributed by atoms with Crippen LogP contribution in [0.15, 0.2) is 65.7 Å². The summed E-state index contributed by atoms with van der Waals surface area (Å²) in [6, 6.07) is 15.0. The van der Waals surface area contributed by atoms with Gasteiger partial charge >= 0.3 is 0 Å². The predicted octanol–water partition coefficient (Wildman–Crippen LogP) is 5.66. The number of sulfonamides is 1. The van der Waals surface area contributed by atoms with Crippen LogP contribution in [0.3, 0.4) is 0 Å². The summed E-state index contributed by atoms with van der Waals surface area (Å²) in [5.74, 6) is -1.36. The number of benzene rings is 2. The molecule has 0 aliphatic rings. The fraction of sp³-hybridized carbons (Fsp3) is 0.179. The molecule has 4 rings (SSSR count). The van der Waals surface area contributed by atoms with Crippen molar-refractivity contribution in [2.24, 2.45) is 0 Å². The second-order valence-corrected chi connectivity index (χ2v) is 10.5. The van der Waals surface area contributed by atoms with Crippen LogP contribution < -0.4 is 9.46 Å². The number of hydrogen-bond donors (Lipinski definition) is 2. The van der Waals surface area contributed by atoms with Crippen molar-refractivity contribution in [3.8, 4) is 22.9 Å². The van der Waals surface area contributed by atoms with Crippen molar-refractivity contribution in [2.45, 2.75) is 39.3 Å². The first-order chi connectivity index (χ1) is 18.0. The zero-order valence-corrected chi connectivity index (χ0v) is 22.1. The first-order valence-corrected chi connectivity index (χ1v) is 13.1. The summed E-state index contributed by atoms with van der Waals surface area (Å²) in [5.41, 5.74) is 3.52. The van der Waals surface area contributed by atoms with Gasteiger partial charge in [-0.3, -0.25) is 4.79 Å². The van der Waals surface area contributed by atoms with E-state index in [-0.39, 0.29) is 38.6 Å². The van der Waals surface area contributed by atoms with E-state index in [0.717, 1.165) is 16.7 Å². The Bertz CT molecular complexity index is 1650. The number of aryl methyl sites for hydroxylation is 4. The maximum atomic E-state index is 14.7. The summed E-state index contributed by atoms with van der Waals surface area (Å²) in [6.07, 6.45) is 0. The molecule has 10 heteroatoms. The molecule has 0 spiro atoms. The van der Waals surface area contributed by atoms with Crippen molar-refractivity contribution in [3.63, 3.8) is 0 Å². The van der Waals surface area contributed by atoms with Crippen molar-refractivity contribution in [1.29, 1.82) is 0 Å². The zero-order chi connectivity index (χ0) is 27.6. The molecule has 0 aliphatic heterocycles. The lowest BCUT2D eigenvalue weighted by Gasteiger charge is -2.16. The third-order valence-corrected chi connectivity index (χ3v) is 6.99. The summed E-state index contributed by atoms with van der Waals surface area (Å²) in [5, 5.41) is 9.17. The summed E-state index contributed by atoms with van der Waals surface area (Å²) < 4.78 is 48.5. The number of hydrogen-bond acceptors (Lipinski definition) is 7. The van der Waals surface area contributed by atoms with E-state index in [0.29, 0.717) is 17.0 Å². The van der Waals surface area contributed by atoms with E-state index in [1.165, 1.54) is 42.5 Å². The van der Waals surface area contributed by atoms with Gasteiger partial charge in [0.05, 0.1) is 12.3 Å². The van der Waals surface area contributed by atoms with E-state index >= 15 is 0 Å². The Kier molecular flexibility index (Phi) is 7.56. The number of aliphatic hydroxyl groups excluding tert-OH is 1. The standard InChI is InChI=1S/C28H26FN3O5S.3H2/c1-16-12-17(2)26(18(3)13-16)37-28-21(27(34)32-38(35,36)25-7-5-6-19(4)30-25)9-11-24(31-28)22-14-20(15-33)8-10-23(22)29;;;/h5-14,33H,15H2,1-4H3,(H,32,34);3*1H. The van der Waals surface area contributed by atoms with E-state index in [1.807, 2.05) is 37.6 Å². The molecule has 2 aromatic carbocycles. The van der Waals surface area contributed by atoms with Crippen LogP contribution in [0, 0.1) is 33.5 Å². The molecule has 38 heavy (non-hydrogen) atoms. The first-order valence-electron chi connectivity index (χ1n) is 11.7. The number of pyridine rings is 2. The highest BCUT2D eigenvalue weighted by Gasteiger charge is 2.25. The lowest BCUT2D eigenvalue weighted by Crippen LogP contribution is -2.31. The molecule has 0 saturated carbocycles. The Morgan fingerprint density at radius 3 is 2.37 bits per heavy atom. The summed E-state index contributed by atoms with van der Waals surface area (Å²) in [7, 11) is -4.30. The van der Waals surface area contributed by atoms with E-state index in [1.54, 1.807) is 13.0 Å². The van der Waals surface area contributed by atoms with Crippen LogP contribution in [0.2, 0.25) is 0 Å². The van der Waals surface area contributed by atoms with Gasteiger partial charge in [-0.05, 0) is 80.8 Å². The predicted molar refractivity (Wildman–Crippen MR) is 146 cm³/mol. The summed E-state index contributed by atoms with van der Waals surface area (Å²) >= 11 is 0. The third kappa shape index (κ3) is 5.71. The maximum absolute atomic E-state index is 14.7. The molecule has 8 nitrogen and oxygen atoms in total. The van der Waals surface area contributed by atoms with Crippen molar-refractivity contribution >= 4 is 15.9 Å². The molecular weight excluding hydrogens is 509 g/mol. The summed E-state index contributed by atoms with van der Waals surface area (Å²) in [6.45, 7) is 6.92. The normalized spacial score (nSPS) is 11.3. The Morgan fingerprint density at radius 1 is 1.00 bits per heavy atom. The van der Waals surface area contributed by atoms with Crippen LogP contribution in [-0.2, 0) is 16.6 Å². The minimum atomic E-state index is -4.30. The second kappa shape index (κ2) is 10.7. The van der Waals surface area contributed by atoms with Gasteiger partial charge < -0.3 is 9.84 Å². The van der Waals surface area contributed by atoms with Crippen molar-refractivity contribution in [2.75, 3.05) is 0 Å². The molecule has 0 atom stereocenters. The molecule has 4 aromatic rings. The van der Waals surface area contributed by atoms with Gasteiger partial charge in [-0.15, -0.1) is 0 Å². The highest BCUT2D eigenvalue weighted by Crippen LogP contribution is 2.33. The van der Waals surface area contributed by atoms with Crippen molar-refractivity contribution < 1.29 is 31.7 Å². The van der Waals surface area contributed by atoms with Crippen LogP contribution >= 0.6 is 0 Å². The number of rotatable bonds is 7. The second-order valence-electron chi connectivity index (χ2n) is 8.90. The minimum absolute atomic E-state index is 0. The molecule has 2 N–H and O–H groups in total. The fourth-order valence-corrected chi connectivity index (χ4v) is 5.01. The number of carbonyl (C=O) groups is 1. The Morgan fingerprint density at radius 2 is 1.71 bits per heavy atom. The van der Waals surface area contributed by atoms with Gasteiger partial charge in [-0.1, -0.05) is 29.8 Å². The molecule has 202 valence electrons. The number of amides is 1. The monoisotopic (exact) mass is 541 g/mol. The average molecular weight is 542 g/mol. The first kappa shape index (κ1) is 26.9. The molecule has 0 saturated heterocycles. The van der Waals surface area contributed by atoms with Gasteiger partial charge in [0.1, 0.15) is 17.1 Å². The smallest absolute Gasteiger partial charge is 0.281 e. The quantitative estimate of drug-likeness (QED) is 0.310. The number of nitrogens with zero attached hydrogens (tertiary/aromatic N) is 2. The molecule has 1 amide bonds. The lowest BCUT2D eigenvalue weighted by molar-refractivity contribution is 0.0978. The van der Waals surface area contributed by atoms with E-state index in [4.69, 9.17) is 4.74 Å². The van der Waals surface area contributed by atoms with Crippen LogP contribution in [0.25, 0.3) is 11.3 Å². The van der Waals surface area contributed by atoms with E-state index in [9.17, 15) is 22.7 Å². The number of aliphatic hydroxyl groups is 1. The average Bonchev–Trinajstić information content (AvgIpc) is 2.86. The highest BCUT2D eigenvalue weighted by atomic mass is 32.2. The maximum Gasteiger partial charge on any atom is 0.281 e. The van der Waals surface area contributed by atoms with Gasteiger partial charge in [0.2, 0.25) is 5.88 Å². The SMILES string of the molecule is Cc1cc(C)c(Oc2nc(-c3cc(CO)ccc3F)ccc2C(=O)NS(=O)(=O)c2cccc(C)n2)c(C)c1.[HH].[HH].[HH]. The number of aromatic nitrogens is 2. The Balaban J connectivity index is 0.00000280. The van der Waals surface area contributed by atoms with E-state index < -0.39 is 21.7 Å². The number of ether oxygens (including phenoxy) is 1. The number of halogens is 1. The number of nitrogens with one attached hydrogen (secondary N) is 1. The third-order valence-electron chi connectivity index (χ3n) is 5.76. The molecule has 0 aliphatic carbocycles. The minimum Gasteiger partial charge on any atom is -0.438 e. The van der Waals surface area contributed by atoms with Crippen LogP contribution in [-0.4, -0.2) is 29.4 Å². The van der Waals surface area contributed by atoms with Crippen molar-refractivity contribution in [3.05, 3.63) is 100.0 Å². The Hall–Kier alpha value is -4.15. The topological polar surface area (TPSA) is 118 Å². The van der Waals surface area contributed by atoms with Gasteiger partial charge in [0.25, 0.3) is 15.9 Å². The molecule has 0 bridgehead atoms. The molecule has 0 fully saturated rings. The van der Waals surface area contributed by atoms with Crippen LogP contribution in [0.4, 0.5) is 4.39 Å². The molecule has 0 radical (unpaired) electrons. The van der Waals surface area contributed by atoms with Crippen LogP contribution in [0.1, 0.15) is 42.6 Å². The van der Waals surface area contributed by atoms with Crippen molar-refractivity contribution in [1.82, 2.24) is 14.7 Å². The van der Waals surface area contributed by atoms with Gasteiger partial charge in [-0.2, -0.15) is 8.42 Å². The highest BCUT2D eigenvalue weighted by molar-refractivity contribution is 7.90. The lowest BCUT2D eigenvalue weighted by atomic mass is 10.1. The number of carbonyl (C=O) groups excluding carboxylic acids is 1. The van der Waals surface area contributed by atoms with E-state index in [2.05, 4.69) is 9.97 Å². The largest absolute Gasteiger partial charge is 0.438 e. The summed E-state index contributed by atoms with van der Waals surface area (Å²) in [4.78, 5) is 21.6. The van der Waals surface area contributed by atoms with Gasteiger partial charge in [0, 0.05) is 15.5 Å². The molecule has 2 aromatic heterocycles. The molecule has 2 heterocycles. The zero-order valence-electron chi connectivity index (χ0n) is 21.2. The van der Waals surface area contributed by atoms with Gasteiger partial charge in [-0.25, -0.2) is 19.1 Å².